The molecule has 2 N–H and O–H groups in total. The van der Waals surface area contributed by atoms with Gasteiger partial charge in [-0.3, -0.25) is 4.79 Å². The predicted molar refractivity (Wildman–Crippen MR) is 72.5 cm³/mol. The molecule has 1 aromatic rings. The lowest BCUT2D eigenvalue weighted by atomic mass is 10.1. The molecule has 0 spiro atoms. The topological polar surface area (TPSA) is 49.3 Å². The summed E-state index contributed by atoms with van der Waals surface area (Å²) in [4.78, 5) is 11.7. The molecule has 3 nitrogen and oxygen atoms in total. The van der Waals surface area contributed by atoms with Gasteiger partial charge in [-0.1, -0.05) is 0 Å². The van der Waals surface area contributed by atoms with E-state index in [-0.39, 0.29) is 18.3 Å². The summed E-state index contributed by atoms with van der Waals surface area (Å²) in [5.74, 6) is 1.22. The zero-order valence-corrected chi connectivity index (χ0v) is 11.2. The van der Waals surface area contributed by atoms with E-state index < -0.39 is 0 Å². The highest BCUT2D eigenvalue weighted by atomic mass is 32.2. The molecule has 5 heteroatoms. The van der Waals surface area contributed by atoms with Crippen molar-refractivity contribution >= 4 is 17.7 Å². The third-order valence-electron chi connectivity index (χ3n) is 2.40. The van der Waals surface area contributed by atoms with Crippen molar-refractivity contribution in [1.29, 1.82) is 0 Å². The fourth-order valence-electron chi connectivity index (χ4n) is 1.39. The van der Waals surface area contributed by atoms with Crippen LogP contribution in [0.2, 0.25) is 0 Å². The third kappa shape index (κ3) is 5.06. The van der Waals surface area contributed by atoms with Crippen molar-refractivity contribution in [3.8, 4) is 0 Å². The van der Waals surface area contributed by atoms with Gasteiger partial charge in [0.25, 0.3) is 5.91 Å². The van der Waals surface area contributed by atoms with Crippen LogP contribution >= 0.6 is 11.8 Å². The number of carbonyl (C=O) groups excluding carboxylic acids is 1. The summed E-state index contributed by atoms with van der Waals surface area (Å²) in [7, 11) is 0. The highest BCUT2D eigenvalue weighted by Gasteiger charge is 2.06. The van der Waals surface area contributed by atoms with Crippen molar-refractivity contribution in [2.24, 2.45) is 0 Å². The molecule has 0 bridgehead atoms. The predicted octanol–water partition coefficient (Wildman–Crippen LogP) is 1.98. The van der Waals surface area contributed by atoms with E-state index in [0.717, 1.165) is 17.9 Å². The Morgan fingerprint density at radius 3 is 2.89 bits per heavy atom. The summed E-state index contributed by atoms with van der Waals surface area (Å²) in [6.07, 6.45) is 0.774. The van der Waals surface area contributed by atoms with Crippen LogP contribution in [-0.4, -0.2) is 35.7 Å². The van der Waals surface area contributed by atoms with E-state index in [9.17, 15) is 9.18 Å². The Hall–Kier alpha value is -1.07. The van der Waals surface area contributed by atoms with E-state index in [2.05, 4.69) is 5.32 Å². The van der Waals surface area contributed by atoms with Crippen LogP contribution in [0.1, 0.15) is 22.3 Å². The molecule has 0 atom stereocenters. The summed E-state index contributed by atoms with van der Waals surface area (Å²) in [6.45, 7) is 2.41. The van der Waals surface area contributed by atoms with Crippen LogP contribution < -0.4 is 5.32 Å². The van der Waals surface area contributed by atoms with Crippen LogP contribution in [0, 0.1) is 12.7 Å². The van der Waals surface area contributed by atoms with Gasteiger partial charge in [-0.2, -0.15) is 11.8 Å². The van der Waals surface area contributed by atoms with Crippen LogP contribution in [-0.2, 0) is 0 Å². The molecule has 18 heavy (non-hydrogen) atoms. The molecule has 1 aromatic carbocycles. The number of aliphatic hydroxyl groups excluding tert-OH is 1. The van der Waals surface area contributed by atoms with Gasteiger partial charge in [0.05, 0.1) is 0 Å². The lowest BCUT2D eigenvalue weighted by Gasteiger charge is -2.06. The highest BCUT2D eigenvalue weighted by molar-refractivity contribution is 7.99. The Labute approximate surface area is 111 Å². The van der Waals surface area contributed by atoms with E-state index in [4.69, 9.17) is 5.11 Å². The Morgan fingerprint density at radius 2 is 2.22 bits per heavy atom. The van der Waals surface area contributed by atoms with Gasteiger partial charge >= 0.3 is 0 Å². The zero-order valence-electron chi connectivity index (χ0n) is 10.4. The molecule has 1 amide bonds. The minimum absolute atomic E-state index is 0.180. The van der Waals surface area contributed by atoms with Gasteiger partial charge < -0.3 is 10.4 Å². The van der Waals surface area contributed by atoms with Crippen LogP contribution in [0.25, 0.3) is 0 Å². The average molecular weight is 271 g/mol. The van der Waals surface area contributed by atoms with Crippen molar-refractivity contribution in [3.05, 3.63) is 35.1 Å². The normalized spacial score (nSPS) is 10.4. The fraction of sp³-hybridized carbons (Fsp3) is 0.462. The zero-order chi connectivity index (χ0) is 13.4. The van der Waals surface area contributed by atoms with Crippen molar-refractivity contribution < 1.29 is 14.3 Å². The van der Waals surface area contributed by atoms with Crippen LogP contribution in [0.3, 0.4) is 0 Å². The molecular weight excluding hydrogens is 253 g/mol. The Bertz CT molecular complexity index is 399. The number of nitrogens with one attached hydrogen (secondary N) is 1. The van der Waals surface area contributed by atoms with Gasteiger partial charge in [-0.25, -0.2) is 4.39 Å². The van der Waals surface area contributed by atoms with E-state index in [1.165, 1.54) is 12.1 Å². The van der Waals surface area contributed by atoms with Gasteiger partial charge in [0.1, 0.15) is 5.82 Å². The second kappa shape index (κ2) is 8.11. The summed E-state index contributed by atoms with van der Waals surface area (Å²) >= 11 is 1.69. The molecule has 0 aliphatic heterocycles. The molecule has 0 heterocycles. The monoisotopic (exact) mass is 271 g/mol. The van der Waals surface area contributed by atoms with E-state index in [1.54, 1.807) is 24.8 Å². The van der Waals surface area contributed by atoms with Crippen LogP contribution in [0.15, 0.2) is 18.2 Å². The number of carbonyl (C=O) groups is 1. The number of amides is 1. The van der Waals surface area contributed by atoms with E-state index >= 15 is 0 Å². The third-order valence-corrected chi connectivity index (χ3v) is 3.47. The SMILES string of the molecule is Cc1cc(C(=O)NCCSCCCO)ccc1F. The largest absolute Gasteiger partial charge is 0.396 e. The maximum absolute atomic E-state index is 13.0. The van der Waals surface area contributed by atoms with Crippen molar-refractivity contribution in [2.75, 3.05) is 24.7 Å². The number of hydrogen-bond acceptors (Lipinski definition) is 3. The first-order valence-corrected chi connectivity index (χ1v) is 7.03. The van der Waals surface area contributed by atoms with Gasteiger partial charge in [0.2, 0.25) is 0 Å². The van der Waals surface area contributed by atoms with Crippen LogP contribution in [0.5, 0.6) is 0 Å². The van der Waals surface area contributed by atoms with E-state index in [0.29, 0.717) is 17.7 Å². The minimum atomic E-state index is -0.300. The maximum Gasteiger partial charge on any atom is 0.251 e. The van der Waals surface area contributed by atoms with E-state index in [1.807, 2.05) is 0 Å². The van der Waals surface area contributed by atoms with Gasteiger partial charge in [-0.05, 0) is 42.9 Å². The van der Waals surface area contributed by atoms with Crippen molar-refractivity contribution in [3.63, 3.8) is 0 Å². The standard InChI is InChI=1S/C13H18FNO2S/c1-10-9-11(3-4-12(10)14)13(17)15-5-8-18-7-2-6-16/h3-4,9,16H,2,5-8H2,1H3,(H,15,17). The number of benzene rings is 1. The molecule has 0 saturated carbocycles. The van der Waals surface area contributed by atoms with Crippen LogP contribution in [0.4, 0.5) is 4.39 Å². The number of hydrogen-bond donors (Lipinski definition) is 2. The van der Waals surface area contributed by atoms with Gasteiger partial charge in [0.15, 0.2) is 0 Å². The number of aryl methyl sites for hydroxylation is 1. The first-order valence-electron chi connectivity index (χ1n) is 5.88. The lowest BCUT2D eigenvalue weighted by molar-refractivity contribution is 0.0956. The van der Waals surface area contributed by atoms with Gasteiger partial charge in [0, 0.05) is 24.5 Å². The summed E-state index contributed by atoms with van der Waals surface area (Å²) in [5, 5.41) is 11.4. The molecule has 0 fully saturated rings. The Kier molecular flexibility index (Phi) is 6.75. The first kappa shape index (κ1) is 15.0. The number of thioether (sulfide) groups is 1. The van der Waals surface area contributed by atoms with Crippen molar-refractivity contribution in [2.45, 2.75) is 13.3 Å². The first-order chi connectivity index (χ1) is 8.65. The molecule has 0 aliphatic rings. The molecule has 100 valence electrons. The molecule has 0 saturated heterocycles. The van der Waals surface area contributed by atoms with Gasteiger partial charge in [-0.15, -0.1) is 0 Å². The number of halogens is 1. The van der Waals surface area contributed by atoms with Crippen molar-refractivity contribution in [1.82, 2.24) is 5.32 Å². The fourth-order valence-corrected chi connectivity index (χ4v) is 2.18. The second-order valence-corrected chi connectivity index (χ2v) is 5.13. The Balaban J connectivity index is 2.30. The quantitative estimate of drug-likeness (QED) is 0.746. The number of rotatable bonds is 7. The second-order valence-electron chi connectivity index (χ2n) is 3.91. The smallest absolute Gasteiger partial charge is 0.251 e. The summed E-state index contributed by atoms with van der Waals surface area (Å²) < 4.78 is 13.0. The molecule has 1 rings (SSSR count). The highest BCUT2D eigenvalue weighted by Crippen LogP contribution is 2.09. The average Bonchev–Trinajstić information content (AvgIpc) is 2.36. The molecule has 0 radical (unpaired) electrons. The Morgan fingerprint density at radius 1 is 1.44 bits per heavy atom. The maximum atomic E-state index is 13.0. The summed E-state index contributed by atoms with van der Waals surface area (Å²) in [5.41, 5.74) is 0.953. The minimum Gasteiger partial charge on any atom is -0.396 e. The molecule has 0 aliphatic carbocycles. The summed E-state index contributed by atoms with van der Waals surface area (Å²) in [6, 6.07) is 4.33. The molecule has 0 unspecified atom stereocenters. The number of aliphatic hydroxyl groups is 1. The molecular formula is C13H18FNO2S. The molecule has 0 aromatic heterocycles. The lowest BCUT2D eigenvalue weighted by Crippen LogP contribution is -2.25.